The van der Waals surface area contributed by atoms with Gasteiger partial charge in [0.05, 0.1) is 11.4 Å². The molecule has 1 amide bonds. The number of aromatic nitrogens is 3. The molecule has 0 aliphatic carbocycles. The van der Waals surface area contributed by atoms with Crippen LogP contribution in [0.1, 0.15) is 5.56 Å². The number of rotatable bonds is 5. The van der Waals surface area contributed by atoms with Crippen molar-refractivity contribution in [3.8, 4) is 0 Å². The van der Waals surface area contributed by atoms with Crippen LogP contribution < -0.4 is 10.6 Å². The van der Waals surface area contributed by atoms with Crippen molar-refractivity contribution >= 4 is 34.5 Å². The van der Waals surface area contributed by atoms with Crippen molar-refractivity contribution in [2.24, 2.45) is 0 Å². The van der Waals surface area contributed by atoms with Crippen LogP contribution in [0.15, 0.2) is 60.4 Å². The highest BCUT2D eigenvalue weighted by Gasteiger charge is 2.30. The van der Waals surface area contributed by atoms with Crippen LogP contribution in [0.2, 0.25) is 0 Å². The largest absolute Gasteiger partial charge is 0.362 e. The minimum absolute atomic E-state index is 0.00993. The molecular formula is C18H17N5OS. The van der Waals surface area contributed by atoms with Gasteiger partial charge >= 0.3 is 0 Å². The molecule has 2 aromatic heterocycles. The van der Waals surface area contributed by atoms with E-state index in [1.54, 1.807) is 0 Å². The first kappa shape index (κ1) is 15.7. The molecule has 126 valence electrons. The summed E-state index contributed by atoms with van der Waals surface area (Å²) in [7, 11) is 0. The fourth-order valence-electron chi connectivity index (χ4n) is 2.78. The van der Waals surface area contributed by atoms with Crippen LogP contribution in [0.5, 0.6) is 0 Å². The summed E-state index contributed by atoms with van der Waals surface area (Å²) in [5.74, 6) is 0.736. The van der Waals surface area contributed by atoms with Crippen LogP contribution in [0.3, 0.4) is 0 Å². The Morgan fingerprint density at radius 3 is 2.96 bits per heavy atom. The number of carbonyl (C=O) groups is 1. The molecule has 0 spiro atoms. The Hall–Kier alpha value is -2.80. The maximum absolute atomic E-state index is 12.6. The molecule has 25 heavy (non-hydrogen) atoms. The second kappa shape index (κ2) is 6.98. The lowest BCUT2D eigenvalue weighted by molar-refractivity contribution is -0.120. The maximum Gasteiger partial charge on any atom is 0.236 e. The highest BCUT2D eigenvalue weighted by molar-refractivity contribution is 8.03. The number of anilines is 1. The molecule has 0 bridgehead atoms. The Morgan fingerprint density at radius 1 is 1.20 bits per heavy atom. The molecule has 1 aliphatic heterocycles. The van der Waals surface area contributed by atoms with E-state index in [1.807, 2.05) is 54.1 Å². The molecule has 3 aromatic rings. The summed E-state index contributed by atoms with van der Waals surface area (Å²) in [6.07, 6.45) is 5.34. The number of carbonyl (C=O) groups excluding carboxylic acids is 1. The molecule has 2 unspecified atom stereocenters. The highest BCUT2D eigenvalue weighted by Crippen LogP contribution is 2.28. The molecule has 0 saturated heterocycles. The Bertz CT molecular complexity index is 908. The molecular weight excluding hydrogens is 334 g/mol. The molecule has 0 radical (unpaired) electrons. The third-order valence-electron chi connectivity index (χ3n) is 4.06. The zero-order valence-electron chi connectivity index (χ0n) is 13.3. The van der Waals surface area contributed by atoms with Crippen molar-refractivity contribution < 1.29 is 4.79 Å². The van der Waals surface area contributed by atoms with Crippen molar-refractivity contribution in [2.75, 3.05) is 5.32 Å². The van der Waals surface area contributed by atoms with Gasteiger partial charge < -0.3 is 15.6 Å². The average molecular weight is 351 g/mol. The molecule has 4 rings (SSSR count). The standard InChI is InChI=1S/C18H17N5OS/c24-18(20-10-12-4-2-1-3-5-12)15-14(7-9-25-15)23-17-13-6-8-19-16(13)21-11-22-17/h1-9,11,14-15H,10H2,(H,20,24)(H2,19,21,22,23). The predicted molar refractivity (Wildman–Crippen MR) is 100 cm³/mol. The second-order valence-electron chi connectivity index (χ2n) is 5.72. The van der Waals surface area contributed by atoms with Crippen LogP contribution in [0.25, 0.3) is 11.0 Å². The number of H-pyrrole nitrogens is 1. The third-order valence-corrected chi connectivity index (χ3v) is 5.18. The van der Waals surface area contributed by atoms with Crippen LogP contribution in [-0.2, 0) is 11.3 Å². The fourth-order valence-corrected chi connectivity index (χ4v) is 3.74. The van der Waals surface area contributed by atoms with E-state index in [0.29, 0.717) is 6.54 Å². The molecule has 2 atom stereocenters. The normalized spacial score (nSPS) is 19.2. The summed E-state index contributed by atoms with van der Waals surface area (Å²) < 4.78 is 0. The summed E-state index contributed by atoms with van der Waals surface area (Å²) in [5.41, 5.74) is 1.86. The maximum atomic E-state index is 12.6. The Morgan fingerprint density at radius 2 is 2.08 bits per heavy atom. The number of benzene rings is 1. The van der Waals surface area contributed by atoms with E-state index in [1.165, 1.54) is 18.1 Å². The lowest BCUT2D eigenvalue weighted by atomic mass is 10.1. The van der Waals surface area contributed by atoms with Gasteiger partial charge in [0.15, 0.2) is 0 Å². The summed E-state index contributed by atoms with van der Waals surface area (Å²) in [5, 5.41) is 9.01. The molecule has 7 heteroatoms. The van der Waals surface area contributed by atoms with Crippen LogP contribution in [0, 0.1) is 0 Å². The molecule has 1 aromatic carbocycles. The molecule has 0 fully saturated rings. The summed E-state index contributed by atoms with van der Waals surface area (Å²) in [6, 6.07) is 11.7. The summed E-state index contributed by atoms with van der Waals surface area (Å²) in [6.45, 7) is 0.527. The van der Waals surface area contributed by atoms with Crippen LogP contribution in [0.4, 0.5) is 5.82 Å². The minimum atomic E-state index is -0.229. The van der Waals surface area contributed by atoms with Gasteiger partial charge in [0.1, 0.15) is 23.0 Å². The molecule has 3 N–H and O–H groups in total. The summed E-state index contributed by atoms with van der Waals surface area (Å²) >= 11 is 1.51. The van der Waals surface area contributed by atoms with Gasteiger partial charge in [-0.3, -0.25) is 4.79 Å². The molecule has 0 saturated carbocycles. The van der Waals surface area contributed by atoms with E-state index >= 15 is 0 Å². The first-order valence-electron chi connectivity index (χ1n) is 7.99. The summed E-state index contributed by atoms with van der Waals surface area (Å²) in [4.78, 5) is 24.1. The van der Waals surface area contributed by atoms with Gasteiger partial charge in [0.25, 0.3) is 0 Å². The quantitative estimate of drug-likeness (QED) is 0.658. The van der Waals surface area contributed by atoms with Gasteiger partial charge in [-0.25, -0.2) is 9.97 Å². The van der Waals surface area contributed by atoms with Gasteiger partial charge in [-0.05, 0) is 17.0 Å². The topological polar surface area (TPSA) is 82.7 Å². The minimum Gasteiger partial charge on any atom is -0.362 e. The average Bonchev–Trinajstić information content (AvgIpc) is 3.30. The van der Waals surface area contributed by atoms with Crippen molar-refractivity contribution in [3.63, 3.8) is 0 Å². The van der Waals surface area contributed by atoms with E-state index in [9.17, 15) is 4.79 Å². The smallest absolute Gasteiger partial charge is 0.236 e. The molecule has 1 aliphatic rings. The van der Waals surface area contributed by atoms with Crippen LogP contribution >= 0.6 is 11.8 Å². The van der Waals surface area contributed by atoms with E-state index in [2.05, 4.69) is 25.6 Å². The first-order valence-corrected chi connectivity index (χ1v) is 8.94. The molecule has 3 heterocycles. The SMILES string of the molecule is O=C(NCc1ccccc1)C1SC=CC1Nc1ncnc2[nH]ccc12. The highest BCUT2D eigenvalue weighted by atomic mass is 32.2. The van der Waals surface area contributed by atoms with Crippen LogP contribution in [-0.4, -0.2) is 32.2 Å². The van der Waals surface area contributed by atoms with Crippen molar-refractivity contribution in [2.45, 2.75) is 17.8 Å². The number of thioether (sulfide) groups is 1. The second-order valence-corrected chi connectivity index (χ2v) is 6.77. The van der Waals surface area contributed by atoms with Crippen molar-refractivity contribution in [1.82, 2.24) is 20.3 Å². The van der Waals surface area contributed by atoms with Crippen molar-refractivity contribution in [1.29, 1.82) is 0 Å². The predicted octanol–water partition coefficient (Wildman–Crippen LogP) is 2.68. The Labute approximate surface area is 149 Å². The lowest BCUT2D eigenvalue weighted by Crippen LogP contribution is -2.40. The number of hydrogen-bond donors (Lipinski definition) is 3. The van der Waals surface area contributed by atoms with E-state index in [4.69, 9.17) is 0 Å². The fraction of sp³-hybridized carbons (Fsp3) is 0.167. The van der Waals surface area contributed by atoms with E-state index in [0.717, 1.165) is 22.4 Å². The van der Waals surface area contributed by atoms with Gasteiger partial charge in [0, 0.05) is 12.7 Å². The number of hydrogen-bond acceptors (Lipinski definition) is 5. The van der Waals surface area contributed by atoms with Gasteiger partial charge in [0.2, 0.25) is 5.91 Å². The Balaban J connectivity index is 1.44. The first-order chi connectivity index (χ1) is 12.3. The van der Waals surface area contributed by atoms with Crippen molar-refractivity contribution in [3.05, 3.63) is 66.0 Å². The third kappa shape index (κ3) is 3.36. The lowest BCUT2D eigenvalue weighted by Gasteiger charge is -2.20. The zero-order valence-corrected chi connectivity index (χ0v) is 14.2. The zero-order chi connectivity index (χ0) is 17.1. The number of nitrogens with zero attached hydrogens (tertiary/aromatic N) is 2. The molecule has 6 nitrogen and oxygen atoms in total. The number of fused-ring (bicyclic) bond motifs is 1. The monoisotopic (exact) mass is 351 g/mol. The van der Waals surface area contributed by atoms with Gasteiger partial charge in [-0.15, -0.1) is 11.8 Å². The van der Waals surface area contributed by atoms with E-state index < -0.39 is 0 Å². The van der Waals surface area contributed by atoms with Gasteiger partial charge in [-0.1, -0.05) is 36.4 Å². The number of amides is 1. The number of aromatic amines is 1. The van der Waals surface area contributed by atoms with E-state index in [-0.39, 0.29) is 17.2 Å². The Kier molecular flexibility index (Phi) is 4.39. The van der Waals surface area contributed by atoms with Gasteiger partial charge in [-0.2, -0.15) is 0 Å². The number of nitrogens with one attached hydrogen (secondary N) is 3.